The van der Waals surface area contributed by atoms with E-state index in [9.17, 15) is 9.90 Å². The fourth-order valence-corrected chi connectivity index (χ4v) is 6.53. The Balaban J connectivity index is 1.44. The van der Waals surface area contributed by atoms with Crippen molar-refractivity contribution in [3.05, 3.63) is 143 Å². The summed E-state index contributed by atoms with van der Waals surface area (Å²) in [6, 6.07) is 33.9. The second-order valence-corrected chi connectivity index (χ2v) is 19.5. The van der Waals surface area contributed by atoms with Gasteiger partial charge in [0.25, 0.3) is 0 Å². The molecule has 4 rings (SSSR count). The summed E-state index contributed by atoms with van der Waals surface area (Å²) in [4.78, 5) is 12.3. The molecule has 260 valence electrons. The summed E-state index contributed by atoms with van der Waals surface area (Å²) in [6.07, 6.45) is 3.83. The molecule has 0 fully saturated rings. The van der Waals surface area contributed by atoms with Crippen LogP contribution in [-0.2, 0) is 40.2 Å². The van der Waals surface area contributed by atoms with E-state index < -0.39 is 8.32 Å². The summed E-state index contributed by atoms with van der Waals surface area (Å²) in [6.45, 7) is 16.8. The molecule has 2 N–H and O–H groups in total. The molecular weight excluding hydrogens is 627 g/mol. The van der Waals surface area contributed by atoms with Gasteiger partial charge in [0, 0.05) is 23.7 Å². The monoisotopic (exact) mass is 679 g/mol. The van der Waals surface area contributed by atoms with Crippen molar-refractivity contribution in [3.8, 4) is 5.75 Å². The summed E-state index contributed by atoms with van der Waals surface area (Å²) in [5.74, 6) is 0.303. The van der Waals surface area contributed by atoms with E-state index in [0.717, 1.165) is 39.8 Å². The van der Waals surface area contributed by atoms with Crippen molar-refractivity contribution in [1.82, 2.24) is 5.32 Å². The minimum Gasteiger partial charge on any atom is -0.489 e. The van der Waals surface area contributed by atoms with Gasteiger partial charge in [0.1, 0.15) is 19.0 Å². The Morgan fingerprint density at radius 2 is 1.45 bits per heavy atom. The Hall–Kier alpha value is -4.01. The molecule has 0 aliphatic carbocycles. The second-order valence-electron chi connectivity index (χ2n) is 14.8. The van der Waals surface area contributed by atoms with Gasteiger partial charge in [-0.2, -0.15) is 0 Å². The molecule has 1 atom stereocenters. The largest absolute Gasteiger partial charge is 0.489 e. The maximum Gasteiger partial charge on any atom is 0.331 e. The van der Waals surface area contributed by atoms with E-state index in [2.05, 4.69) is 71.2 Å². The Bertz CT molecular complexity index is 1660. The molecule has 0 bridgehead atoms. The maximum atomic E-state index is 12.3. The Morgan fingerprint density at radius 1 is 0.816 bits per heavy atom. The quantitative estimate of drug-likeness (QED) is 0.0699. The Kier molecular flexibility index (Phi) is 13.2. The minimum atomic E-state index is -2.15. The molecule has 0 aromatic heterocycles. The number of carbonyl (C=O) groups excluding carboxylic acids is 1. The maximum absolute atomic E-state index is 12.3. The number of nitrogens with one attached hydrogen (secondary N) is 1. The predicted octanol–water partition coefficient (Wildman–Crippen LogP) is 9.19. The van der Waals surface area contributed by atoms with Crippen LogP contribution in [0.2, 0.25) is 18.1 Å². The highest BCUT2D eigenvalue weighted by atomic mass is 28.4. The van der Waals surface area contributed by atoms with Crippen molar-refractivity contribution in [2.45, 2.75) is 90.6 Å². The number of aliphatic hydroxyl groups excluding tert-OH is 1. The Labute approximate surface area is 294 Å². The Morgan fingerprint density at radius 3 is 2.08 bits per heavy atom. The van der Waals surface area contributed by atoms with Crippen LogP contribution < -0.4 is 10.1 Å². The summed E-state index contributed by atoms with van der Waals surface area (Å²) in [5.41, 5.74) is 5.61. The molecule has 6 nitrogen and oxygen atoms in total. The van der Waals surface area contributed by atoms with E-state index in [0.29, 0.717) is 18.9 Å². The first-order valence-electron chi connectivity index (χ1n) is 17.1. The summed E-state index contributed by atoms with van der Waals surface area (Å²) >= 11 is 0. The van der Waals surface area contributed by atoms with Crippen LogP contribution >= 0.6 is 0 Å². The van der Waals surface area contributed by atoms with Crippen LogP contribution in [-0.4, -0.2) is 31.5 Å². The molecule has 4 aromatic rings. The molecule has 4 aromatic carbocycles. The first-order valence-corrected chi connectivity index (χ1v) is 20.0. The first kappa shape index (κ1) is 37.8. The van der Waals surface area contributed by atoms with Gasteiger partial charge in [-0.25, -0.2) is 4.79 Å². The molecule has 0 spiro atoms. The summed E-state index contributed by atoms with van der Waals surface area (Å²) < 4.78 is 18.5. The minimum absolute atomic E-state index is 0.0290. The van der Waals surface area contributed by atoms with E-state index in [1.54, 1.807) is 6.08 Å². The van der Waals surface area contributed by atoms with Crippen LogP contribution in [0.25, 0.3) is 6.08 Å². The highest BCUT2D eigenvalue weighted by Crippen LogP contribution is 2.40. The molecule has 1 unspecified atom stereocenters. The smallest absolute Gasteiger partial charge is 0.331 e. The molecule has 7 heteroatoms. The number of benzene rings is 4. The average Bonchev–Trinajstić information content (AvgIpc) is 3.07. The number of hydrogen-bond donors (Lipinski definition) is 2. The standard InChI is InChI=1S/C42H53NO5Si/c1-41(2,3)49(6,7)48-39(36-22-23-38(37(26-36)29-44)46-30-33-15-10-8-11-16-33)28-43-42(4,5)27-35-20-14-19-32(25-35)21-24-40(45)47-31-34-17-12-9-13-18-34/h8-26,39,43-44H,27-31H2,1-7H3/b24-21+. The van der Waals surface area contributed by atoms with Crippen molar-refractivity contribution >= 4 is 20.4 Å². The van der Waals surface area contributed by atoms with Crippen molar-refractivity contribution in [1.29, 1.82) is 0 Å². The van der Waals surface area contributed by atoms with E-state index >= 15 is 0 Å². The lowest BCUT2D eigenvalue weighted by Crippen LogP contribution is -2.47. The van der Waals surface area contributed by atoms with Gasteiger partial charge in [-0.1, -0.05) is 112 Å². The van der Waals surface area contributed by atoms with Crippen molar-refractivity contribution in [2.75, 3.05) is 6.54 Å². The van der Waals surface area contributed by atoms with Gasteiger partial charge in [0.05, 0.1) is 12.7 Å². The second kappa shape index (κ2) is 17.1. The van der Waals surface area contributed by atoms with Crippen molar-refractivity contribution in [3.63, 3.8) is 0 Å². The molecular formula is C42H53NO5Si. The highest BCUT2D eigenvalue weighted by molar-refractivity contribution is 6.74. The number of hydrogen-bond acceptors (Lipinski definition) is 6. The average molecular weight is 680 g/mol. The highest BCUT2D eigenvalue weighted by Gasteiger charge is 2.40. The topological polar surface area (TPSA) is 77.0 Å². The zero-order valence-electron chi connectivity index (χ0n) is 30.2. The van der Waals surface area contributed by atoms with Gasteiger partial charge in [-0.3, -0.25) is 0 Å². The molecule has 0 radical (unpaired) electrons. The normalized spacial score (nSPS) is 13.0. The van der Waals surface area contributed by atoms with Gasteiger partial charge in [-0.05, 0) is 84.4 Å². The number of ether oxygens (including phenoxy) is 2. The van der Waals surface area contributed by atoms with Crippen molar-refractivity contribution < 1.29 is 23.8 Å². The van der Waals surface area contributed by atoms with Crippen LogP contribution in [0, 0.1) is 0 Å². The number of carbonyl (C=O) groups is 1. The SMILES string of the molecule is CC(C)(Cc1cccc(/C=C/C(=O)OCc2ccccc2)c1)NCC(O[Si](C)(C)C(C)(C)C)c1ccc(OCc2ccccc2)c(CO)c1. The number of aliphatic hydroxyl groups is 1. The molecule has 0 heterocycles. The lowest BCUT2D eigenvalue weighted by atomic mass is 9.93. The van der Waals surface area contributed by atoms with Gasteiger partial charge in [0.2, 0.25) is 0 Å². The lowest BCUT2D eigenvalue weighted by Gasteiger charge is -2.40. The van der Waals surface area contributed by atoms with E-state index in [-0.39, 0.29) is 35.9 Å². The van der Waals surface area contributed by atoms with Crippen LogP contribution in [0.3, 0.4) is 0 Å². The number of rotatable bonds is 16. The summed E-state index contributed by atoms with van der Waals surface area (Å²) in [5, 5.41) is 14.1. The summed E-state index contributed by atoms with van der Waals surface area (Å²) in [7, 11) is -2.15. The lowest BCUT2D eigenvalue weighted by molar-refractivity contribution is -0.138. The molecule has 0 saturated carbocycles. The third kappa shape index (κ3) is 11.8. The molecule has 0 aliphatic heterocycles. The van der Waals surface area contributed by atoms with Crippen LogP contribution in [0.5, 0.6) is 5.75 Å². The third-order valence-corrected chi connectivity index (χ3v) is 13.6. The first-order chi connectivity index (χ1) is 23.2. The van der Waals surface area contributed by atoms with E-state index in [4.69, 9.17) is 13.9 Å². The van der Waals surface area contributed by atoms with Gasteiger partial charge < -0.3 is 24.3 Å². The fraction of sp³-hybridized carbons (Fsp3) is 0.357. The third-order valence-electron chi connectivity index (χ3n) is 9.11. The fourth-order valence-electron chi connectivity index (χ4n) is 5.25. The van der Waals surface area contributed by atoms with Gasteiger partial charge in [0.15, 0.2) is 8.32 Å². The van der Waals surface area contributed by atoms with Crippen LogP contribution in [0.1, 0.15) is 74.1 Å². The van der Waals surface area contributed by atoms with E-state index in [1.807, 2.05) is 84.9 Å². The van der Waals surface area contributed by atoms with Gasteiger partial charge in [-0.15, -0.1) is 0 Å². The molecule has 49 heavy (non-hydrogen) atoms. The van der Waals surface area contributed by atoms with Crippen LogP contribution in [0.4, 0.5) is 0 Å². The van der Waals surface area contributed by atoms with Crippen LogP contribution in [0.15, 0.2) is 109 Å². The molecule has 0 saturated heterocycles. The zero-order chi connectivity index (χ0) is 35.5. The van der Waals surface area contributed by atoms with Crippen molar-refractivity contribution in [2.24, 2.45) is 0 Å². The van der Waals surface area contributed by atoms with Gasteiger partial charge >= 0.3 is 5.97 Å². The zero-order valence-corrected chi connectivity index (χ0v) is 31.2. The molecule has 0 amide bonds. The van der Waals surface area contributed by atoms with E-state index in [1.165, 1.54) is 6.08 Å². The predicted molar refractivity (Wildman–Crippen MR) is 202 cm³/mol. The molecule has 0 aliphatic rings. The number of esters is 1.